The third kappa shape index (κ3) is 6.88. The number of aromatic nitrogens is 1. The number of aliphatic carboxylic acids is 1. The molecule has 0 spiro atoms. The molecule has 26 heavy (non-hydrogen) atoms. The number of guanidine groups is 1. The first kappa shape index (κ1) is 20.4. The van der Waals surface area contributed by atoms with Crippen LogP contribution in [-0.4, -0.2) is 29.1 Å². The molecule has 1 aromatic carbocycles. The molecule has 0 saturated carbocycles. The van der Waals surface area contributed by atoms with Crippen molar-refractivity contribution >= 4 is 17.7 Å². The van der Waals surface area contributed by atoms with E-state index < -0.39 is 5.97 Å². The number of carbonyl (C=O) groups is 1. The minimum absolute atomic E-state index is 0.252. The molecule has 2 aromatic rings. The van der Waals surface area contributed by atoms with Crippen LogP contribution in [0.15, 0.2) is 41.5 Å². The van der Waals surface area contributed by atoms with Crippen LogP contribution in [-0.2, 0) is 11.3 Å². The second-order valence-electron chi connectivity index (χ2n) is 5.15. The van der Waals surface area contributed by atoms with E-state index in [9.17, 15) is 0 Å². The Morgan fingerprint density at radius 2 is 2.12 bits per heavy atom. The van der Waals surface area contributed by atoms with Gasteiger partial charge in [-0.15, -0.1) is 0 Å². The lowest BCUT2D eigenvalue weighted by molar-refractivity contribution is -0.134. The summed E-state index contributed by atoms with van der Waals surface area (Å²) in [6.45, 7) is 3.49. The summed E-state index contributed by atoms with van der Waals surface area (Å²) < 4.78 is 5.33. The summed E-state index contributed by atoms with van der Waals surface area (Å²) in [5.74, 6) is 0.743. The first-order chi connectivity index (χ1) is 12.4. The van der Waals surface area contributed by atoms with Crippen molar-refractivity contribution in [2.45, 2.75) is 20.4 Å². The Bertz CT molecular complexity index is 807. The Morgan fingerprint density at radius 3 is 2.65 bits per heavy atom. The predicted octanol–water partition coefficient (Wildman–Crippen LogP) is 2.29. The van der Waals surface area contributed by atoms with E-state index in [0.717, 1.165) is 23.8 Å². The smallest absolute Gasteiger partial charge is 0.300 e. The minimum Gasteiger partial charge on any atom is -0.496 e. The van der Waals surface area contributed by atoms with Gasteiger partial charge in [-0.3, -0.25) is 4.79 Å². The van der Waals surface area contributed by atoms with Crippen LogP contribution in [0.3, 0.4) is 0 Å². The van der Waals surface area contributed by atoms with Crippen LogP contribution in [0.5, 0.6) is 5.75 Å². The number of nitriles is 1. The highest BCUT2D eigenvalue weighted by Gasteiger charge is 2.05. The van der Waals surface area contributed by atoms with E-state index in [1.807, 2.05) is 31.2 Å². The molecule has 8 heteroatoms. The van der Waals surface area contributed by atoms with Crippen LogP contribution < -0.4 is 15.8 Å². The quantitative estimate of drug-likeness (QED) is 0.566. The van der Waals surface area contributed by atoms with Crippen LogP contribution in [0.4, 0.5) is 5.82 Å². The number of carboxylic acids is 1. The fourth-order valence-electron chi connectivity index (χ4n) is 1.94. The monoisotopic (exact) mass is 355 g/mol. The summed E-state index contributed by atoms with van der Waals surface area (Å²) in [7, 11) is 1.63. The predicted molar refractivity (Wildman–Crippen MR) is 98.9 cm³/mol. The van der Waals surface area contributed by atoms with E-state index in [1.165, 1.54) is 6.20 Å². The maximum atomic E-state index is 9.00. The summed E-state index contributed by atoms with van der Waals surface area (Å²) >= 11 is 0. The number of hydrogen-bond donors (Lipinski definition) is 3. The van der Waals surface area contributed by atoms with Gasteiger partial charge in [-0.05, 0) is 30.7 Å². The first-order valence-corrected chi connectivity index (χ1v) is 7.62. The third-order valence-corrected chi connectivity index (χ3v) is 3.14. The number of hydrogen-bond acceptors (Lipinski definition) is 5. The number of nitrogens with zero attached hydrogens (tertiary/aromatic N) is 3. The number of methoxy groups -OCH3 is 1. The number of aliphatic imine (C=N–C) groups is 1. The zero-order valence-corrected chi connectivity index (χ0v) is 14.9. The van der Waals surface area contributed by atoms with E-state index in [2.05, 4.69) is 15.3 Å². The molecular formula is C18H21N5O3. The van der Waals surface area contributed by atoms with Crippen LogP contribution in [0.2, 0.25) is 0 Å². The molecule has 0 saturated heterocycles. The van der Waals surface area contributed by atoms with Gasteiger partial charge in [0.25, 0.3) is 5.97 Å². The summed E-state index contributed by atoms with van der Waals surface area (Å²) in [4.78, 5) is 17.4. The fraction of sp³-hybridized carbons (Fsp3) is 0.222. The SMILES string of the molecule is CC(=O)O.COc1cccc(C)c1CN=C(N)Nc1ccc(C#N)cn1. The number of benzene rings is 1. The van der Waals surface area contributed by atoms with E-state index >= 15 is 0 Å². The van der Waals surface area contributed by atoms with Gasteiger partial charge in [0.2, 0.25) is 0 Å². The number of rotatable bonds is 4. The average Bonchev–Trinajstić information content (AvgIpc) is 2.60. The number of carboxylic acid groups (broad SMARTS) is 1. The van der Waals surface area contributed by atoms with Crippen molar-refractivity contribution in [3.05, 3.63) is 53.2 Å². The maximum absolute atomic E-state index is 9.00. The summed E-state index contributed by atoms with van der Waals surface area (Å²) in [6, 6.07) is 11.2. The van der Waals surface area contributed by atoms with Gasteiger partial charge < -0.3 is 20.9 Å². The van der Waals surface area contributed by atoms with Crippen molar-refractivity contribution in [2.75, 3.05) is 12.4 Å². The molecule has 0 radical (unpaired) electrons. The van der Waals surface area contributed by atoms with Crippen molar-refractivity contribution < 1.29 is 14.6 Å². The fourth-order valence-corrected chi connectivity index (χ4v) is 1.94. The molecule has 0 aliphatic rings. The highest BCUT2D eigenvalue weighted by Crippen LogP contribution is 2.22. The number of nitrogens with one attached hydrogen (secondary N) is 1. The van der Waals surface area contributed by atoms with Crippen molar-refractivity contribution in [3.8, 4) is 11.8 Å². The van der Waals surface area contributed by atoms with Gasteiger partial charge >= 0.3 is 0 Å². The Hall–Kier alpha value is -3.60. The van der Waals surface area contributed by atoms with Crippen molar-refractivity contribution in [1.82, 2.24) is 4.98 Å². The normalized spacial score (nSPS) is 10.2. The van der Waals surface area contributed by atoms with Crippen molar-refractivity contribution in [3.63, 3.8) is 0 Å². The third-order valence-electron chi connectivity index (χ3n) is 3.14. The van der Waals surface area contributed by atoms with Crippen molar-refractivity contribution in [2.24, 2.45) is 10.7 Å². The molecule has 0 amide bonds. The summed E-state index contributed by atoms with van der Waals surface area (Å²) in [5, 5.41) is 19.0. The van der Waals surface area contributed by atoms with Crippen LogP contribution in [0, 0.1) is 18.3 Å². The molecule has 0 fully saturated rings. The van der Waals surface area contributed by atoms with Crippen LogP contribution >= 0.6 is 0 Å². The molecular weight excluding hydrogens is 334 g/mol. The first-order valence-electron chi connectivity index (χ1n) is 7.62. The summed E-state index contributed by atoms with van der Waals surface area (Å²) in [6.07, 6.45) is 1.47. The lowest BCUT2D eigenvalue weighted by Crippen LogP contribution is -2.23. The molecule has 2 rings (SSSR count). The Balaban J connectivity index is 0.000000765. The lowest BCUT2D eigenvalue weighted by Gasteiger charge is -2.10. The topological polar surface area (TPSA) is 134 Å². The Labute approximate surface area is 152 Å². The van der Waals surface area contributed by atoms with Gasteiger partial charge in [0.05, 0.1) is 19.2 Å². The molecule has 0 aliphatic heterocycles. The van der Waals surface area contributed by atoms with E-state index in [0.29, 0.717) is 17.9 Å². The summed E-state index contributed by atoms with van der Waals surface area (Å²) in [5.41, 5.74) is 8.43. The van der Waals surface area contributed by atoms with Gasteiger partial charge in [0.1, 0.15) is 17.6 Å². The molecule has 4 N–H and O–H groups in total. The van der Waals surface area contributed by atoms with Gasteiger partial charge in [0, 0.05) is 18.7 Å². The number of ether oxygens (including phenoxy) is 1. The molecule has 1 aromatic heterocycles. The van der Waals surface area contributed by atoms with Crippen LogP contribution in [0.1, 0.15) is 23.6 Å². The lowest BCUT2D eigenvalue weighted by atomic mass is 10.1. The van der Waals surface area contributed by atoms with Gasteiger partial charge in [-0.2, -0.15) is 5.26 Å². The standard InChI is InChI=1S/C16H17N5O.C2H4O2/c1-11-4-3-5-14(22-2)13(11)10-20-16(18)21-15-7-6-12(8-17)9-19-15;1-2(3)4/h3-7,9H,10H2,1-2H3,(H3,18,19,20,21);1H3,(H,3,4). The highest BCUT2D eigenvalue weighted by atomic mass is 16.5. The van der Waals surface area contributed by atoms with Gasteiger partial charge in [-0.1, -0.05) is 12.1 Å². The Kier molecular flexibility index (Phi) is 8.10. The zero-order chi connectivity index (χ0) is 19.5. The number of aryl methyl sites for hydroxylation is 1. The molecule has 0 atom stereocenters. The molecule has 0 bridgehead atoms. The van der Waals surface area contributed by atoms with E-state index in [-0.39, 0.29) is 5.96 Å². The maximum Gasteiger partial charge on any atom is 0.300 e. The molecule has 0 unspecified atom stereocenters. The highest BCUT2D eigenvalue weighted by molar-refractivity contribution is 5.91. The van der Waals surface area contributed by atoms with Gasteiger partial charge in [-0.25, -0.2) is 9.98 Å². The minimum atomic E-state index is -0.833. The molecule has 8 nitrogen and oxygen atoms in total. The number of anilines is 1. The molecule has 136 valence electrons. The molecule has 0 aliphatic carbocycles. The largest absolute Gasteiger partial charge is 0.496 e. The molecule has 1 heterocycles. The Morgan fingerprint density at radius 1 is 1.42 bits per heavy atom. The zero-order valence-electron chi connectivity index (χ0n) is 14.9. The average molecular weight is 355 g/mol. The van der Waals surface area contributed by atoms with Crippen molar-refractivity contribution in [1.29, 1.82) is 5.26 Å². The second kappa shape index (κ2) is 10.3. The second-order valence-corrected chi connectivity index (χ2v) is 5.15. The van der Waals surface area contributed by atoms with Gasteiger partial charge in [0.15, 0.2) is 5.96 Å². The number of nitrogens with two attached hydrogens (primary N) is 1. The van der Waals surface area contributed by atoms with Crippen LogP contribution in [0.25, 0.3) is 0 Å². The van der Waals surface area contributed by atoms with E-state index in [1.54, 1.807) is 19.2 Å². The number of pyridine rings is 1. The van der Waals surface area contributed by atoms with E-state index in [4.69, 9.17) is 25.6 Å².